The maximum atomic E-state index is 12.1. The van der Waals surface area contributed by atoms with Crippen LogP contribution >= 0.6 is 0 Å². The zero-order chi connectivity index (χ0) is 23.0. The fourth-order valence-electron chi connectivity index (χ4n) is 2.56. The highest BCUT2D eigenvalue weighted by Gasteiger charge is 2.37. The SMILES string of the molecule is CCCCCCOC(C)OC(=O)CC(C(=O)OC(C)OCCCCCC)S(=O)(=O)O. The highest BCUT2D eigenvalue weighted by molar-refractivity contribution is 7.87. The van der Waals surface area contributed by atoms with Gasteiger partial charge in [0.1, 0.15) is 0 Å². The van der Waals surface area contributed by atoms with E-state index in [9.17, 15) is 22.6 Å². The highest BCUT2D eigenvalue weighted by atomic mass is 32.2. The molecule has 0 aliphatic rings. The topological polar surface area (TPSA) is 125 Å². The van der Waals surface area contributed by atoms with Crippen molar-refractivity contribution in [3.63, 3.8) is 0 Å². The fourth-order valence-corrected chi connectivity index (χ4v) is 3.20. The molecule has 0 aromatic rings. The third-order valence-electron chi connectivity index (χ3n) is 4.25. The predicted octanol–water partition coefficient (Wildman–Crippen LogP) is 3.61. The van der Waals surface area contributed by atoms with Gasteiger partial charge in [0.25, 0.3) is 10.1 Å². The Labute approximate surface area is 180 Å². The molecule has 10 heteroatoms. The van der Waals surface area contributed by atoms with Gasteiger partial charge in [-0.1, -0.05) is 52.4 Å². The minimum atomic E-state index is -4.87. The Morgan fingerprint density at radius 3 is 1.70 bits per heavy atom. The van der Waals surface area contributed by atoms with Crippen molar-refractivity contribution in [2.24, 2.45) is 0 Å². The first-order valence-electron chi connectivity index (χ1n) is 10.7. The summed E-state index contributed by atoms with van der Waals surface area (Å²) in [6.45, 7) is 7.83. The maximum absolute atomic E-state index is 12.1. The van der Waals surface area contributed by atoms with Gasteiger partial charge in [0.15, 0.2) is 17.8 Å². The van der Waals surface area contributed by atoms with Gasteiger partial charge in [-0.15, -0.1) is 0 Å². The molecule has 0 heterocycles. The number of esters is 2. The van der Waals surface area contributed by atoms with Crippen LogP contribution < -0.4 is 0 Å². The van der Waals surface area contributed by atoms with Gasteiger partial charge in [-0.3, -0.25) is 14.1 Å². The van der Waals surface area contributed by atoms with Crippen molar-refractivity contribution in [1.29, 1.82) is 0 Å². The Morgan fingerprint density at radius 2 is 1.27 bits per heavy atom. The van der Waals surface area contributed by atoms with Crippen molar-refractivity contribution in [3.8, 4) is 0 Å². The Kier molecular flexibility index (Phi) is 15.8. The van der Waals surface area contributed by atoms with Crippen LogP contribution in [-0.2, 0) is 38.7 Å². The van der Waals surface area contributed by atoms with Gasteiger partial charge in [-0.2, -0.15) is 8.42 Å². The smallest absolute Gasteiger partial charge is 0.329 e. The molecular weight excluding hydrogens is 416 g/mol. The molecule has 0 spiro atoms. The van der Waals surface area contributed by atoms with E-state index in [1.807, 2.05) is 0 Å². The van der Waals surface area contributed by atoms with Crippen LogP contribution in [0.15, 0.2) is 0 Å². The van der Waals surface area contributed by atoms with Crippen LogP contribution in [0.5, 0.6) is 0 Å². The quantitative estimate of drug-likeness (QED) is 0.143. The van der Waals surface area contributed by atoms with Crippen LogP contribution in [0.2, 0.25) is 0 Å². The predicted molar refractivity (Wildman–Crippen MR) is 111 cm³/mol. The Hall–Kier alpha value is -1.23. The first-order chi connectivity index (χ1) is 14.1. The van der Waals surface area contributed by atoms with E-state index in [1.54, 1.807) is 0 Å². The zero-order valence-electron chi connectivity index (χ0n) is 18.6. The van der Waals surface area contributed by atoms with Crippen LogP contribution in [0.25, 0.3) is 0 Å². The van der Waals surface area contributed by atoms with Crippen molar-refractivity contribution in [3.05, 3.63) is 0 Å². The molecule has 1 N–H and O–H groups in total. The van der Waals surface area contributed by atoms with Crippen molar-refractivity contribution in [2.75, 3.05) is 13.2 Å². The molecule has 0 amide bonds. The Balaban J connectivity index is 4.49. The number of ether oxygens (including phenoxy) is 4. The highest BCUT2D eigenvalue weighted by Crippen LogP contribution is 2.12. The summed E-state index contributed by atoms with van der Waals surface area (Å²) in [6.07, 6.45) is 5.05. The molecule has 0 radical (unpaired) electrons. The van der Waals surface area contributed by atoms with Crippen molar-refractivity contribution in [1.82, 2.24) is 0 Å². The molecule has 0 aliphatic carbocycles. The second-order valence-electron chi connectivity index (χ2n) is 7.13. The molecule has 0 rings (SSSR count). The zero-order valence-corrected chi connectivity index (χ0v) is 19.4. The molecule has 0 aromatic carbocycles. The maximum Gasteiger partial charge on any atom is 0.329 e. The van der Waals surface area contributed by atoms with E-state index in [-0.39, 0.29) is 0 Å². The molecule has 0 saturated heterocycles. The lowest BCUT2D eigenvalue weighted by Crippen LogP contribution is -2.37. The van der Waals surface area contributed by atoms with Gasteiger partial charge in [0.05, 0.1) is 19.6 Å². The second kappa shape index (κ2) is 16.5. The molecule has 30 heavy (non-hydrogen) atoms. The summed E-state index contributed by atoms with van der Waals surface area (Å²) >= 11 is 0. The van der Waals surface area contributed by atoms with E-state index >= 15 is 0 Å². The standard InChI is InChI=1S/C20H38O9S/c1-5-7-9-11-13-26-16(3)28-19(21)15-18(30(23,24)25)20(22)29-17(4)27-14-12-10-8-6-2/h16-18H,5-15H2,1-4H3,(H,23,24,25). The normalized spacial score (nSPS) is 14.7. The van der Waals surface area contributed by atoms with Crippen LogP contribution in [0, 0.1) is 0 Å². The van der Waals surface area contributed by atoms with E-state index in [1.165, 1.54) is 13.8 Å². The Bertz CT molecular complexity index is 577. The minimum absolute atomic E-state index is 0.347. The number of hydrogen-bond acceptors (Lipinski definition) is 8. The van der Waals surface area contributed by atoms with Crippen LogP contribution in [0.1, 0.15) is 85.5 Å². The van der Waals surface area contributed by atoms with Crippen LogP contribution in [-0.4, -0.2) is 56.0 Å². The number of carbonyl (C=O) groups is 2. The molecule has 0 saturated carbocycles. The van der Waals surface area contributed by atoms with E-state index in [0.29, 0.717) is 13.2 Å². The third-order valence-corrected chi connectivity index (χ3v) is 5.33. The van der Waals surface area contributed by atoms with Gasteiger partial charge in [0, 0.05) is 0 Å². The van der Waals surface area contributed by atoms with E-state index in [0.717, 1.165) is 51.4 Å². The first-order valence-corrected chi connectivity index (χ1v) is 12.2. The van der Waals surface area contributed by atoms with Gasteiger partial charge < -0.3 is 18.9 Å². The molecule has 3 atom stereocenters. The van der Waals surface area contributed by atoms with Crippen molar-refractivity contribution >= 4 is 22.1 Å². The lowest BCUT2D eigenvalue weighted by atomic mass is 10.2. The summed E-state index contributed by atoms with van der Waals surface area (Å²) in [7, 11) is -4.87. The second-order valence-corrected chi connectivity index (χ2v) is 8.73. The molecule has 9 nitrogen and oxygen atoms in total. The monoisotopic (exact) mass is 454 g/mol. The number of carbonyl (C=O) groups excluding carboxylic acids is 2. The average Bonchev–Trinajstić information content (AvgIpc) is 2.64. The van der Waals surface area contributed by atoms with Gasteiger partial charge >= 0.3 is 11.9 Å². The largest absolute Gasteiger partial charge is 0.436 e. The summed E-state index contributed by atoms with van der Waals surface area (Å²) in [6, 6.07) is 0. The summed E-state index contributed by atoms with van der Waals surface area (Å²) in [5.74, 6) is -2.27. The number of unbranched alkanes of at least 4 members (excludes halogenated alkanes) is 6. The van der Waals surface area contributed by atoms with E-state index < -0.39 is 46.3 Å². The van der Waals surface area contributed by atoms with Crippen molar-refractivity contribution in [2.45, 2.75) is 103 Å². The van der Waals surface area contributed by atoms with Gasteiger partial charge in [-0.05, 0) is 26.7 Å². The fraction of sp³-hybridized carbons (Fsp3) is 0.900. The number of rotatable bonds is 18. The average molecular weight is 455 g/mol. The molecule has 0 aliphatic heterocycles. The van der Waals surface area contributed by atoms with Crippen molar-refractivity contribution < 1.29 is 41.5 Å². The van der Waals surface area contributed by atoms with Gasteiger partial charge in [0.2, 0.25) is 0 Å². The molecule has 0 bridgehead atoms. The minimum Gasteiger partial charge on any atom is -0.436 e. The van der Waals surface area contributed by atoms with Crippen LogP contribution in [0.4, 0.5) is 0 Å². The molecule has 178 valence electrons. The summed E-state index contributed by atoms with van der Waals surface area (Å²) in [5.41, 5.74) is 0. The molecule has 0 aromatic heterocycles. The summed E-state index contributed by atoms with van der Waals surface area (Å²) in [5, 5.41) is -2.09. The lowest BCUT2D eigenvalue weighted by molar-refractivity contribution is -0.181. The summed E-state index contributed by atoms with van der Waals surface area (Å²) in [4.78, 5) is 24.1. The molecular formula is C20H38O9S. The van der Waals surface area contributed by atoms with Gasteiger partial charge in [-0.25, -0.2) is 0 Å². The molecule has 3 unspecified atom stereocenters. The first kappa shape index (κ1) is 28.8. The number of hydrogen-bond donors (Lipinski definition) is 1. The molecule has 0 fully saturated rings. The Morgan fingerprint density at radius 1 is 0.800 bits per heavy atom. The van der Waals surface area contributed by atoms with E-state index in [4.69, 9.17) is 18.9 Å². The van der Waals surface area contributed by atoms with E-state index in [2.05, 4.69) is 13.8 Å². The third kappa shape index (κ3) is 14.7. The van der Waals surface area contributed by atoms with Crippen LogP contribution in [0.3, 0.4) is 0 Å². The lowest BCUT2D eigenvalue weighted by Gasteiger charge is -2.19. The summed E-state index contributed by atoms with van der Waals surface area (Å²) < 4.78 is 53.0.